The summed E-state index contributed by atoms with van der Waals surface area (Å²) in [6.07, 6.45) is 0. The van der Waals surface area contributed by atoms with Crippen LogP contribution in [0.1, 0.15) is 38.8 Å². The SMILES string of the molecule is CC1(C)c2ccccc2-c2c(cc(N(c3ccccc3)c3ccc4c(c3)oc3ccccc34)c3c2ccc2ccccc23)C1(C)C. The van der Waals surface area contributed by atoms with Crippen LogP contribution in [0.25, 0.3) is 54.6 Å². The number of benzene rings is 7. The van der Waals surface area contributed by atoms with Crippen molar-refractivity contribution in [1.29, 1.82) is 0 Å². The van der Waals surface area contributed by atoms with Crippen LogP contribution in [-0.4, -0.2) is 0 Å². The normalized spacial score (nSPS) is 14.9. The lowest BCUT2D eigenvalue weighted by Crippen LogP contribution is -2.43. The number of nitrogens with zero attached hydrogens (tertiary/aromatic N) is 1. The van der Waals surface area contributed by atoms with Gasteiger partial charge in [-0.3, -0.25) is 0 Å². The molecule has 0 radical (unpaired) electrons. The lowest BCUT2D eigenvalue weighted by molar-refractivity contribution is 0.299. The zero-order valence-electron chi connectivity index (χ0n) is 26.6. The van der Waals surface area contributed by atoms with E-state index in [4.69, 9.17) is 4.42 Å². The highest BCUT2D eigenvalue weighted by atomic mass is 16.3. The fourth-order valence-electron chi connectivity index (χ4n) is 7.92. The lowest BCUT2D eigenvalue weighted by atomic mass is 9.55. The summed E-state index contributed by atoms with van der Waals surface area (Å²) in [6, 6.07) is 50.8. The van der Waals surface area contributed by atoms with Crippen molar-refractivity contribution in [3.8, 4) is 11.1 Å². The molecule has 0 aliphatic heterocycles. The van der Waals surface area contributed by atoms with Crippen LogP contribution < -0.4 is 4.90 Å². The number of rotatable bonds is 3. The Morgan fingerprint density at radius 1 is 0.478 bits per heavy atom. The molecule has 7 aromatic carbocycles. The van der Waals surface area contributed by atoms with E-state index < -0.39 is 0 Å². The van der Waals surface area contributed by atoms with Gasteiger partial charge in [-0.2, -0.15) is 0 Å². The van der Waals surface area contributed by atoms with E-state index in [9.17, 15) is 0 Å². The first-order chi connectivity index (χ1) is 22.3. The molecule has 0 unspecified atom stereocenters. The molecule has 0 fully saturated rings. The quantitative estimate of drug-likeness (QED) is 0.189. The number of fused-ring (bicyclic) bond motifs is 10. The second kappa shape index (κ2) is 9.58. The van der Waals surface area contributed by atoms with Gasteiger partial charge in [0.25, 0.3) is 0 Å². The summed E-state index contributed by atoms with van der Waals surface area (Å²) < 4.78 is 6.44. The maximum atomic E-state index is 6.44. The Hall–Kier alpha value is -5.34. The van der Waals surface area contributed by atoms with E-state index in [0.29, 0.717) is 0 Å². The summed E-state index contributed by atoms with van der Waals surface area (Å²) in [5.74, 6) is 0. The molecule has 0 saturated carbocycles. The molecule has 222 valence electrons. The Labute approximate surface area is 269 Å². The van der Waals surface area contributed by atoms with Gasteiger partial charge in [0, 0.05) is 33.6 Å². The summed E-state index contributed by atoms with van der Waals surface area (Å²) in [7, 11) is 0. The van der Waals surface area contributed by atoms with Gasteiger partial charge in [0.05, 0.1) is 5.69 Å². The predicted molar refractivity (Wildman–Crippen MR) is 195 cm³/mol. The standard InChI is InChI=1S/C44H35NO/c1-43(2)36-20-12-10-19-34(36)41-35-24-22-28-14-8-9-17-31(28)42(35)38(27-37(41)44(43,3)4)45(29-15-6-5-7-16-29)30-23-25-33-32-18-11-13-21-39(32)46-40(33)26-30/h5-27H,1-4H3. The predicted octanol–water partition coefficient (Wildman–Crippen LogP) is 12.6. The monoisotopic (exact) mass is 593 g/mol. The largest absolute Gasteiger partial charge is 0.456 e. The number of hydrogen-bond donors (Lipinski definition) is 0. The van der Waals surface area contributed by atoms with Crippen LogP contribution in [-0.2, 0) is 10.8 Å². The molecule has 0 N–H and O–H groups in total. The minimum Gasteiger partial charge on any atom is -0.456 e. The van der Waals surface area contributed by atoms with Gasteiger partial charge < -0.3 is 9.32 Å². The number of hydrogen-bond acceptors (Lipinski definition) is 2. The summed E-state index contributed by atoms with van der Waals surface area (Å²) >= 11 is 0. The lowest BCUT2D eigenvalue weighted by Gasteiger charge is -2.49. The number of anilines is 3. The van der Waals surface area contributed by atoms with Crippen LogP contribution in [0.5, 0.6) is 0 Å². The van der Waals surface area contributed by atoms with Gasteiger partial charge in [-0.05, 0) is 85.6 Å². The molecule has 2 heteroatoms. The van der Waals surface area contributed by atoms with Gasteiger partial charge in [0.1, 0.15) is 11.2 Å². The van der Waals surface area contributed by atoms with E-state index in [0.717, 1.165) is 33.3 Å². The average Bonchev–Trinajstić information content (AvgIpc) is 3.46. The second-order valence-electron chi connectivity index (χ2n) is 13.8. The van der Waals surface area contributed by atoms with Crippen molar-refractivity contribution in [3.05, 3.63) is 151 Å². The molecule has 8 aromatic rings. The molecule has 0 atom stereocenters. The van der Waals surface area contributed by atoms with Gasteiger partial charge in [0.2, 0.25) is 0 Å². The van der Waals surface area contributed by atoms with E-state index in [1.54, 1.807) is 0 Å². The summed E-state index contributed by atoms with van der Waals surface area (Å²) in [5, 5.41) is 7.31. The van der Waals surface area contributed by atoms with Crippen LogP contribution in [0.15, 0.2) is 144 Å². The minimum atomic E-state index is -0.143. The summed E-state index contributed by atoms with van der Waals surface area (Å²) in [5.41, 5.74) is 10.4. The van der Waals surface area contributed by atoms with E-state index in [1.807, 2.05) is 6.07 Å². The highest BCUT2D eigenvalue weighted by molar-refractivity contribution is 6.20. The van der Waals surface area contributed by atoms with Gasteiger partial charge >= 0.3 is 0 Å². The molecule has 1 aliphatic carbocycles. The Kier molecular flexibility index (Phi) is 5.63. The van der Waals surface area contributed by atoms with Gasteiger partial charge in [0.15, 0.2) is 0 Å². The molecule has 1 heterocycles. The fourth-order valence-corrected chi connectivity index (χ4v) is 7.92. The topological polar surface area (TPSA) is 16.4 Å². The zero-order chi connectivity index (χ0) is 31.2. The van der Waals surface area contributed by atoms with E-state index in [2.05, 4.69) is 166 Å². The summed E-state index contributed by atoms with van der Waals surface area (Å²) in [6.45, 7) is 9.66. The van der Waals surface area contributed by atoms with Crippen molar-refractivity contribution >= 4 is 60.5 Å². The zero-order valence-corrected chi connectivity index (χ0v) is 26.6. The Morgan fingerprint density at radius 3 is 1.98 bits per heavy atom. The molecule has 46 heavy (non-hydrogen) atoms. The molecular formula is C44H35NO. The van der Waals surface area contributed by atoms with Crippen molar-refractivity contribution in [2.75, 3.05) is 4.90 Å². The summed E-state index contributed by atoms with van der Waals surface area (Å²) in [4.78, 5) is 2.44. The minimum absolute atomic E-state index is 0.0802. The Morgan fingerprint density at radius 2 is 1.13 bits per heavy atom. The second-order valence-corrected chi connectivity index (χ2v) is 13.8. The Balaban J connectivity index is 1.44. The molecule has 0 saturated heterocycles. The van der Waals surface area contributed by atoms with Crippen LogP contribution in [0, 0.1) is 0 Å². The third kappa shape index (κ3) is 3.64. The highest BCUT2D eigenvalue weighted by Gasteiger charge is 2.46. The van der Waals surface area contributed by atoms with E-state index in [1.165, 1.54) is 49.5 Å². The van der Waals surface area contributed by atoms with Crippen molar-refractivity contribution in [2.24, 2.45) is 0 Å². The molecule has 0 amide bonds. The van der Waals surface area contributed by atoms with E-state index in [-0.39, 0.29) is 10.8 Å². The molecule has 0 bridgehead atoms. The van der Waals surface area contributed by atoms with Crippen molar-refractivity contribution in [3.63, 3.8) is 0 Å². The van der Waals surface area contributed by atoms with Crippen molar-refractivity contribution in [1.82, 2.24) is 0 Å². The highest BCUT2D eigenvalue weighted by Crippen LogP contribution is 2.58. The first kappa shape index (κ1) is 27.0. The third-order valence-corrected chi connectivity index (χ3v) is 11.0. The molecule has 2 nitrogen and oxygen atoms in total. The molecule has 0 spiro atoms. The van der Waals surface area contributed by atoms with Crippen molar-refractivity contribution in [2.45, 2.75) is 38.5 Å². The Bertz CT molecular complexity index is 2480. The van der Waals surface area contributed by atoms with Crippen LogP contribution >= 0.6 is 0 Å². The average molecular weight is 594 g/mol. The van der Waals surface area contributed by atoms with Crippen molar-refractivity contribution < 1.29 is 4.42 Å². The molecular weight excluding hydrogens is 558 g/mol. The van der Waals surface area contributed by atoms with E-state index >= 15 is 0 Å². The van der Waals surface area contributed by atoms with Gasteiger partial charge in [-0.25, -0.2) is 0 Å². The maximum Gasteiger partial charge on any atom is 0.137 e. The smallest absolute Gasteiger partial charge is 0.137 e. The molecule has 1 aromatic heterocycles. The van der Waals surface area contributed by atoms with Crippen LogP contribution in [0.3, 0.4) is 0 Å². The third-order valence-electron chi connectivity index (χ3n) is 11.0. The fraction of sp³-hybridized carbons (Fsp3) is 0.136. The van der Waals surface area contributed by atoms with Gasteiger partial charge in [-0.1, -0.05) is 125 Å². The van der Waals surface area contributed by atoms with Gasteiger partial charge in [-0.15, -0.1) is 0 Å². The maximum absolute atomic E-state index is 6.44. The van der Waals surface area contributed by atoms with Crippen LogP contribution in [0.4, 0.5) is 17.1 Å². The first-order valence-electron chi connectivity index (χ1n) is 16.2. The molecule has 9 rings (SSSR count). The number of furan rings is 1. The van der Waals surface area contributed by atoms with Crippen LogP contribution in [0.2, 0.25) is 0 Å². The first-order valence-corrected chi connectivity index (χ1v) is 16.2. The molecule has 1 aliphatic rings. The number of para-hydroxylation sites is 2.